The van der Waals surface area contributed by atoms with Gasteiger partial charge in [0.05, 0.1) is 32.5 Å². The molecule has 1 aromatic heterocycles. The van der Waals surface area contributed by atoms with Gasteiger partial charge in [0, 0.05) is 12.7 Å². The molecule has 35 heavy (non-hydrogen) atoms. The van der Waals surface area contributed by atoms with E-state index in [1.807, 2.05) is 60.7 Å². The van der Waals surface area contributed by atoms with Crippen LogP contribution in [0.3, 0.4) is 0 Å². The van der Waals surface area contributed by atoms with E-state index in [0.29, 0.717) is 31.0 Å². The van der Waals surface area contributed by atoms with Gasteiger partial charge < -0.3 is 25.0 Å². The molecule has 0 fully saturated rings. The Labute approximate surface area is 205 Å². The normalized spacial score (nSPS) is 15.5. The van der Waals surface area contributed by atoms with E-state index in [1.54, 1.807) is 32.2 Å². The molecule has 3 aromatic rings. The van der Waals surface area contributed by atoms with Gasteiger partial charge in [0.25, 0.3) is 0 Å². The fourth-order valence-electron chi connectivity index (χ4n) is 4.33. The van der Waals surface area contributed by atoms with Crippen LogP contribution in [0.2, 0.25) is 0 Å². The highest BCUT2D eigenvalue weighted by molar-refractivity contribution is 5.87. The molecule has 182 valence electrons. The van der Waals surface area contributed by atoms with Crippen molar-refractivity contribution in [2.75, 3.05) is 20.8 Å². The summed E-state index contributed by atoms with van der Waals surface area (Å²) in [7, 11) is 3.21. The number of amides is 3. The lowest BCUT2D eigenvalue weighted by atomic mass is 9.88. The summed E-state index contributed by atoms with van der Waals surface area (Å²) >= 11 is 0. The van der Waals surface area contributed by atoms with Gasteiger partial charge in [-0.2, -0.15) is 0 Å². The first-order chi connectivity index (χ1) is 17.0. The van der Waals surface area contributed by atoms with Gasteiger partial charge in [-0.25, -0.2) is 4.79 Å². The molecule has 0 radical (unpaired) electrons. The first-order valence-electron chi connectivity index (χ1n) is 11.6. The van der Waals surface area contributed by atoms with Gasteiger partial charge >= 0.3 is 6.03 Å². The van der Waals surface area contributed by atoms with Crippen LogP contribution in [0, 0.1) is 0 Å². The van der Waals surface area contributed by atoms with E-state index >= 15 is 0 Å². The SMILES string of the molecule is COc1cc2c(cc1OC)[C@H](c1ccccc1)N(C(=O)N[C@H](C)C(=O)NCc1ccccn1)CC2. The zero-order valence-corrected chi connectivity index (χ0v) is 20.2. The van der Waals surface area contributed by atoms with Crippen LogP contribution in [-0.2, 0) is 17.8 Å². The number of urea groups is 1. The molecule has 2 N–H and O–H groups in total. The van der Waals surface area contributed by atoms with Crippen LogP contribution in [0.1, 0.15) is 35.3 Å². The summed E-state index contributed by atoms with van der Waals surface area (Å²) in [6.07, 6.45) is 2.34. The molecule has 8 heteroatoms. The second kappa shape index (κ2) is 10.9. The number of benzene rings is 2. The molecule has 0 unspecified atom stereocenters. The van der Waals surface area contributed by atoms with Gasteiger partial charge in [-0.1, -0.05) is 36.4 Å². The number of nitrogens with zero attached hydrogens (tertiary/aromatic N) is 2. The molecule has 0 saturated heterocycles. The number of hydrogen-bond acceptors (Lipinski definition) is 5. The lowest BCUT2D eigenvalue weighted by molar-refractivity contribution is -0.122. The van der Waals surface area contributed by atoms with Crippen molar-refractivity contribution in [3.63, 3.8) is 0 Å². The zero-order valence-electron chi connectivity index (χ0n) is 20.2. The number of pyridine rings is 1. The summed E-state index contributed by atoms with van der Waals surface area (Å²) in [5.74, 6) is 0.995. The van der Waals surface area contributed by atoms with Crippen molar-refractivity contribution < 1.29 is 19.1 Å². The second-order valence-electron chi connectivity index (χ2n) is 8.37. The van der Waals surface area contributed by atoms with E-state index in [-0.39, 0.29) is 18.0 Å². The Morgan fingerprint density at radius 3 is 2.46 bits per heavy atom. The van der Waals surface area contributed by atoms with Crippen molar-refractivity contribution in [2.24, 2.45) is 0 Å². The molecular formula is C27H30N4O4. The first-order valence-corrected chi connectivity index (χ1v) is 11.6. The van der Waals surface area contributed by atoms with Gasteiger partial charge in [0.1, 0.15) is 6.04 Å². The van der Waals surface area contributed by atoms with Crippen LogP contribution < -0.4 is 20.1 Å². The summed E-state index contributed by atoms with van der Waals surface area (Å²) < 4.78 is 11.0. The van der Waals surface area contributed by atoms with Crippen LogP contribution in [0.15, 0.2) is 66.9 Å². The van der Waals surface area contributed by atoms with Crippen molar-refractivity contribution in [2.45, 2.75) is 32.0 Å². The predicted molar refractivity (Wildman–Crippen MR) is 132 cm³/mol. The quantitative estimate of drug-likeness (QED) is 0.547. The summed E-state index contributed by atoms with van der Waals surface area (Å²) in [6.45, 7) is 2.47. The second-order valence-corrected chi connectivity index (χ2v) is 8.37. The Morgan fingerprint density at radius 2 is 1.77 bits per heavy atom. The Balaban J connectivity index is 1.55. The topological polar surface area (TPSA) is 92.8 Å². The average molecular weight is 475 g/mol. The minimum Gasteiger partial charge on any atom is -0.493 e. The molecule has 0 saturated carbocycles. The number of rotatable bonds is 7. The minimum absolute atomic E-state index is 0.274. The summed E-state index contributed by atoms with van der Waals surface area (Å²) in [4.78, 5) is 32.0. The molecule has 2 atom stereocenters. The zero-order chi connectivity index (χ0) is 24.8. The van der Waals surface area contributed by atoms with E-state index in [4.69, 9.17) is 9.47 Å². The highest BCUT2D eigenvalue weighted by Gasteiger charge is 2.34. The summed E-state index contributed by atoms with van der Waals surface area (Å²) in [6, 6.07) is 17.9. The third-order valence-corrected chi connectivity index (χ3v) is 6.15. The Hall–Kier alpha value is -4.07. The molecule has 2 heterocycles. The maximum Gasteiger partial charge on any atom is 0.318 e. The average Bonchev–Trinajstić information content (AvgIpc) is 2.91. The Bertz CT molecular complexity index is 1170. The highest BCUT2D eigenvalue weighted by atomic mass is 16.5. The lowest BCUT2D eigenvalue weighted by Crippen LogP contribution is -2.52. The number of carbonyl (C=O) groups excluding carboxylic acids is 2. The third kappa shape index (κ3) is 5.37. The minimum atomic E-state index is -0.713. The summed E-state index contributed by atoms with van der Waals surface area (Å²) in [5.41, 5.74) is 3.80. The van der Waals surface area contributed by atoms with Gasteiger partial charge in [-0.15, -0.1) is 0 Å². The molecule has 1 aliphatic rings. The fraction of sp³-hybridized carbons (Fsp3) is 0.296. The summed E-state index contributed by atoms with van der Waals surface area (Å²) in [5, 5.41) is 5.69. The molecule has 3 amide bonds. The number of carbonyl (C=O) groups is 2. The van der Waals surface area contributed by atoms with E-state index in [0.717, 1.165) is 22.4 Å². The number of fused-ring (bicyclic) bond motifs is 1. The maximum absolute atomic E-state index is 13.4. The molecule has 4 rings (SSSR count). The van der Waals surface area contributed by atoms with Crippen molar-refractivity contribution in [3.8, 4) is 11.5 Å². The Kier molecular flexibility index (Phi) is 7.50. The molecule has 0 spiro atoms. The van der Waals surface area contributed by atoms with E-state index in [2.05, 4.69) is 15.6 Å². The smallest absolute Gasteiger partial charge is 0.318 e. The fourth-order valence-corrected chi connectivity index (χ4v) is 4.33. The number of methoxy groups -OCH3 is 2. The van der Waals surface area contributed by atoms with E-state index in [9.17, 15) is 9.59 Å². The van der Waals surface area contributed by atoms with Crippen molar-refractivity contribution in [1.29, 1.82) is 0 Å². The van der Waals surface area contributed by atoms with Crippen molar-refractivity contribution in [1.82, 2.24) is 20.5 Å². The lowest BCUT2D eigenvalue weighted by Gasteiger charge is -2.38. The number of nitrogens with one attached hydrogen (secondary N) is 2. The van der Waals surface area contributed by atoms with Gasteiger partial charge in [-0.05, 0) is 54.3 Å². The van der Waals surface area contributed by atoms with E-state index in [1.165, 1.54) is 0 Å². The molecule has 1 aliphatic heterocycles. The van der Waals surface area contributed by atoms with Crippen LogP contribution in [0.25, 0.3) is 0 Å². The maximum atomic E-state index is 13.4. The predicted octanol–water partition coefficient (Wildman–Crippen LogP) is 3.46. The monoisotopic (exact) mass is 474 g/mol. The van der Waals surface area contributed by atoms with Crippen LogP contribution >= 0.6 is 0 Å². The van der Waals surface area contributed by atoms with Crippen molar-refractivity contribution >= 4 is 11.9 Å². The van der Waals surface area contributed by atoms with Crippen LogP contribution in [-0.4, -0.2) is 48.6 Å². The van der Waals surface area contributed by atoms with Gasteiger partial charge in [-0.3, -0.25) is 9.78 Å². The van der Waals surface area contributed by atoms with Crippen LogP contribution in [0.4, 0.5) is 4.79 Å². The standard InChI is InChI=1S/C27H30N4O4/c1-18(26(32)29-17-21-11-7-8-13-28-21)30-27(33)31-14-12-20-15-23(34-2)24(35-3)16-22(20)25(31)19-9-5-4-6-10-19/h4-11,13,15-16,18,25H,12,14,17H2,1-3H3,(H,29,32)(H,30,33)/t18-,25+/m1/s1. The first kappa shape index (κ1) is 24.1. The Morgan fingerprint density at radius 1 is 1.06 bits per heavy atom. The molecule has 2 aromatic carbocycles. The molecule has 0 aliphatic carbocycles. The number of ether oxygens (including phenoxy) is 2. The molecular weight excluding hydrogens is 444 g/mol. The van der Waals surface area contributed by atoms with Crippen LogP contribution in [0.5, 0.6) is 11.5 Å². The van der Waals surface area contributed by atoms with Gasteiger partial charge in [0.2, 0.25) is 5.91 Å². The molecule has 8 nitrogen and oxygen atoms in total. The largest absolute Gasteiger partial charge is 0.493 e. The van der Waals surface area contributed by atoms with Crippen molar-refractivity contribution in [3.05, 3.63) is 89.2 Å². The third-order valence-electron chi connectivity index (χ3n) is 6.15. The van der Waals surface area contributed by atoms with Gasteiger partial charge in [0.15, 0.2) is 11.5 Å². The number of aromatic nitrogens is 1. The molecule has 0 bridgehead atoms. The highest BCUT2D eigenvalue weighted by Crippen LogP contribution is 2.41. The van der Waals surface area contributed by atoms with E-state index < -0.39 is 6.04 Å². The number of hydrogen-bond donors (Lipinski definition) is 2.